The van der Waals surface area contributed by atoms with Crippen molar-refractivity contribution >= 4 is 28.6 Å². The van der Waals surface area contributed by atoms with Crippen LogP contribution in [0.25, 0.3) is 10.8 Å². The van der Waals surface area contributed by atoms with E-state index in [1.807, 2.05) is 35.8 Å². The fourth-order valence-electron chi connectivity index (χ4n) is 1.76. The molecule has 2 aromatic rings. The molecule has 0 aliphatic carbocycles. The molecule has 2 amide bonds. The SMILES string of the molecule is O=C(O)C=CC(=O)NNC(=O)COc1ccc2ccccc2c1. The lowest BCUT2D eigenvalue weighted by molar-refractivity contribution is -0.131. The van der Waals surface area contributed by atoms with E-state index < -0.39 is 17.8 Å². The maximum absolute atomic E-state index is 11.5. The molecule has 0 aliphatic rings. The van der Waals surface area contributed by atoms with Crippen molar-refractivity contribution in [2.45, 2.75) is 0 Å². The predicted molar refractivity (Wildman–Crippen MR) is 82.5 cm³/mol. The molecule has 0 saturated heterocycles. The number of amides is 2. The normalized spacial score (nSPS) is 10.4. The molecule has 0 radical (unpaired) electrons. The van der Waals surface area contributed by atoms with Gasteiger partial charge in [-0.15, -0.1) is 0 Å². The van der Waals surface area contributed by atoms with Gasteiger partial charge in [0.25, 0.3) is 11.8 Å². The van der Waals surface area contributed by atoms with E-state index in [0.717, 1.165) is 16.8 Å². The summed E-state index contributed by atoms with van der Waals surface area (Å²) >= 11 is 0. The van der Waals surface area contributed by atoms with Gasteiger partial charge in [-0.05, 0) is 22.9 Å². The summed E-state index contributed by atoms with van der Waals surface area (Å²) in [7, 11) is 0. The first kappa shape index (κ1) is 16.0. The van der Waals surface area contributed by atoms with Crippen molar-refractivity contribution in [2.24, 2.45) is 0 Å². The Hall–Kier alpha value is -3.35. The molecule has 0 saturated carbocycles. The summed E-state index contributed by atoms with van der Waals surface area (Å²) < 4.78 is 5.33. The largest absolute Gasteiger partial charge is 0.484 e. The standard InChI is InChI=1S/C16H14N2O5/c19-14(7-8-16(21)22)17-18-15(20)10-23-13-6-5-11-3-1-2-4-12(11)9-13/h1-9H,10H2,(H,17,19)(H,18,20)(H,21,22). The highest BCUT2D eigenvalue weighted by Crippen LogP contribution is 2.20. The average Bonchev–Trinajstić information content (AvgIpc) is 2.56. The monoisotopic (exact) mass is 314 g/mol. The van der Waals surface area contributed by atoms with E-state index in [9.17, 15) is 14.4 Å². The zero-order valence-corrected chi connectivity index (χ0v) is 12.0. The number of hydrogen-bond donors (Lipinski definition) is 3. The van der Waals surface area contributed by atoms with Gasteiger partial charge in [0, 0.05) is 12.2 Å². The van der Waals surface area contributed by atoms with E-state index in [1.165, 1.54) is 0 Å². The molecule has 7 heteroatoms. The van der Waals surface area contributed by atoms with Crippen LogP contribution in [0.4, 0.5) is 0 Å². The second-order valence-electron chi connectivity index (χ2n) is 4.51. The van der Waals surface area contributed by atoms with Crippen molar-refractivity contribution in [1.29, 1.82) is 0 Å². The van der Waals surface area contributed by atoms with Crippen LogP contribution in [0.1, 0.15) is 0 Å². The zero-order valence-electron chi connectivity index (χ0n) is 12.0. The Bertz CT molecular complexity index is 770. The van der Waals surface area contributed by atoms with Gasteiger partial charge in [-0.25, -0.2) is 4.79 Å². The Morgan fingerprint density at radius 3 is 2.48 bits per heavy atom. The van der Waals surface area contributed by atoms with Crippen LogP contribution < -0.4 is 15.6 Å². The molecular weight excluding hydrogens is 300 g/mol. The highest BCUT2D eigenvalue weighted by molar-refractivity contribution is 5.94. The predicted octanol–water partition coefficient (Wildman–Crippen LogP) is 1.01. The summed E-state index contributed by atoms with van der Waals surface area (Å²) in [5.41, 5.74) is 4.14. The summed E-state index contributed by atoms with van der Waals surface area (Å²) in [4.78, 5) is 32.9. The summed E-state index contributed by atoms with van der Waals surface area (Å²) in [6, 6.07) is 13.1. The number of carbonyl (C=O) groups excluding carboxylic acids is 2. The fourth-order valence-corrected chi connectivity index (χ4v) is 1.76. The molecule has 0 spiro atoms. The van der Waals surface area contributed by atoms with Gasteiger partial charge < -0.3 is 9.84 Å². The minimum Gasteiger partial charge on any atom is -0.484 e. The number of rotatable bonds is 5. The van der Waals surface area contributed by atoms with Crippen LogP contribution in [0.2, 0.25) is 0 Å². The second-order valence-corrected chi connectivity index (χ2v) is 4.51. The quantitative estimate of drug-likeness (QED) is 0.564. The summed E-state index contributed by atoms with van der Waals surface area (Å²) in [5.74, 6) is -2.07. The second kappa shape index (κ2) is 7.60. The number of carboxylic acids is 1. The molecule has 3 N–H and O–H groups in total. The highest BCUT2D eigenvalue weighted by atomic mass is 16.5. The Labute approximate surface area is 131 Å². The van der Waals surface area contributed by atoms with Crippen molar-refractivity contribution in [3.8, 4) is 5.75 Å². The third-order valence-electron chi connectivity index (χ3n) is 2.79. The number of fused-ring (bicyclic) bond motifs is 1. The van der Waals surface area contributed by atoms with Crippen molar-refractivity contribution < 1.29 is 24.2 Å². The van der Waals surface area contributed by atoms with Gasteiger partial charge in [-0.2, -0.15) is 0 Å². The van der Waals surface area contributed by atoms with Crippen molar-refractivity contribution in [3.05, 3.63) is 54.6 Å². The van der Waals surface area contributed by atoms with Crippen molar-refractivity contribution in [3.63, 3.8) is 0 Å². The van der Waals surface area contributed by atoms with Gasteiger partial charge in [-0.1, -0.05) is 30.3 Å². The summed E-state index contributed by atoms with van der Waals surface area (Å²) in [5, 5.41) is 10.4. The molecule has 118 valence electrons. The highest BCUT2D eigenvalue weighted by Gasteiger charge is 2.04. The first-order valence-electron chi connectivity index (χ1n) is 6.66. The van der Waals surface area contributed by atoms with E-state index in [1.54, 1.807) is 12.1 Å². The molecule has 0 unspecified atom stereocenters. The molecule has 23 heavy (non-hydrogen) atoms. The smallest absolute Gasteiger partial charge is 0.328 e. The molecule has 2 rings (SSSR count). The van der Waals surface area contributed by atoms with Crippen LogP contribution in [0.3, 0.4) is 0 Å². The van der Waals surface area contributed by atoms with Crippen molar-refractivity contribution in [1.82, 2.24) is 10.9 Å². The number of nitrogens with one attached hydrogen (secondary N) is 2. The topological polar surface area (TPSA) is 105 Å². The van der Waals surface area contributed by atoms with E-state index >= 15 is 0 Å². The maximum atomic E-state index is 11.5. The Kier molecular flexibility index (Phi) is 5.30. The fraction of sp³-hybridized carbons (Fsp3) is 0.0625. The van der Waals surface area contributed by atoms with Gasteiger partial charge >= 0.3 is 5.97 Å². The number of benzene rings is 2. The van der Waals surface area contributed by atoms with Crippen LogP contribution in [-0.2, 0) is 14.4 Å². The number of aliphatic carboxylic acids is 1. The summed E-state index contributed by atoms with van der Waals surface area (Å²) in [6.45, 7) is -0.290. The molecule has 0 atom stereocenters. The van der Waals surface area contributed by atoms with Crippen LogP contribution in [0.15, 0.2) is 54.6 Å². The van der Waals surface area contributed by atoms with Gasteiger partial charge in [0.15, 0.2) is 6.61 Å². The number of ether oxygens (including phenoxy) is 1. The van der Waals surface area contributed by atoms with E-state index in [-0.39, 0.29) is 6.61 Å². The van der Waals surface area contributed by atoms with Crippen LogP contribution in [0, 0.1) is 0 Å². The number of carboxylic acid groups (broad SMARTS) is 1. The maximum Gasteiger partial charge on any atom is 0.328 e. The molecule has 0 fully saturated rings. The van der Waals surface area contributed by atoms with Gasteiger partial charge in [-0.3, -0.25) is 20.4 Å². The minimum absolute atomic E-state index is 0.290. The number of carbonyl (C=O) groups is 3. The number of hydrogen-bond acceptors (Lipinski definition) is 4. The Morgan fingerprint density at radius 1 is 1.00 bits per heavy atom. The first-order valence-corrected chi connectivity index (χ1v) is 6.66. The van der Waals surface area contributed by atoms with Gasteiger partial charge in [0.1, 0.15) is 5.75 Å². The van der Waals surface area contributed by atoms with E-state index in [0.29, 0.717) is 11.8 Å². The average molecular weight is 314 g/mol. The first-order chi connectivity index (χ1) is 11.0. The molecule has 0 aliphatic heterocycles. The lowest BCUT2D eigenvalue weighted by Gasteiger charge is -2.08. The molecule has 2 aromatic carbocycles. The lowest BCUT2D eigenvalue weighted by Crippen LogP contribution is -2.43. The van der Waals surface area contributed by atoms with Crippen LogP contribution >= 0.6 is 0 Å². The molecule has 0 heterocycles. The molecule has 0 bridgehead atoms. The van der Waals surface area contributed by atoms with Crippen LogP contribution in [0.5, 0.6) is 5.75 Å². The minimum atomic E-state index is -1.26. The summed E-state index contributed by atoms with van der Waals surface area (Å²) in [6.07, 6.45) is 1.44. The number of hydrazine groups is 1. The zero-order chi connectivity index (χ0) is 16.7. The molecular formula is C16H14N2O5. The molecule has 7 nitrogen and oxygen atoms in total. The third-order valence-corrected chi connectivity index (χ3v) is 2.79. The lowest BCUT2D eigenvalue weighted by atomic mass is 10.1. The van der Waals surface area contributed by atoms with Gasteiger partial charge in [0.2, 0.25) is 0 Å². The van der Waals surface area contributed by atoms with Crippen LogP contribution in [-0.4, -0.2) is 29.5 Å². The van der Waals surface area contributed by atoms with Gasteiger partial charge in [0.05, 0.1) is 0 Å². The van der Waals surface area contributed by atoms with E-state index in [4.69, 9.17) is 9.84 Å². The molecule has 0 aromatic heterocycles. The Balaban J connectivity index is 1.81. The Morgan fingerprint density at radius 2 is 1.74 bits per heavy atom. The van der Waals surface area contributed by atoms with E-state index in [2.05, 4.69) is 5.43 Å². The van der Waals surface area contributed by atoms with Crippen molar-refractivity contribution in [2.75, 3.05) is 6.61 Å². The third kappa shape index (κ3) is 5.16.